The van der Waals surface area contributed by atoms with Gasteiger partial charge in [-0.25, -0.2) is 0 Å². The first-order valence-electron chi connectivity index (χ1n) is 9.71. The molecule has 8 heteroatoms. The molecule has 30 heavy (non-hydrogen) atoms. The highest BCUT2D eigenvalue weighted by Crippen LogP contribution is 2.27. The Hall–Kier alpha value is -1.76. The lowest BCUT2D eigenvalue weighted by Gasteiger charge is -2.29. The number of hydrogen-bond acceptors (Lipinski definition) is 3. The van der Waals surface area contributed by atoms with Crippen molar-refractivity contribution in [3.05, 3.63) is 62.5 Å². The van der Waals surface area contributed by atoms with E-state index < -0.39 is 6.04 Å². The number of carbonyl (C=O) groups is 2. The van der Waals surface area contributed by atoms with Crippen LogP contribution in [0.2, 0.25) is 10.0 Å². The first kappa shape index (κ1) is 24.5. The van der Waals surface area contributed by atoms with Crippen LogP contribution in [-0.4, -0.2) is 35.9 Å². The minimum atomic E-state index is -0.658. The van der Waals surface area contributed by atoms with E-state index in [0.717, 1.165) is 22.9 Å². The zero-order chi connectivity index (χ0) is 22.1. The number of nitrogens with one attached hydrogen (secondary N) is 1. The number of amides is 2. The van der Waals surface area contributed by atoms with Gasteiger partial charge in [-0.2, -0.15) is 0 Å². The van der Waals surface area contributed by atoms with Gasteiger partial charge in [0, 0.05) is 22.6 Å². The largest absolute Gasteiger partial charge is 0.482 e. The molecule has 2 aromatic rings. The molecule has 0 aliphatic carbocycles. The molecule has 2 amide bonds. The molecule has 1 N–H and O–H groups in total. The van der Waals surface area contributed by atoms with Crippen molar-refractivity contribution in [1.82, 2.24) is 10.2 Å². The van der Waals surface area contributed by atoms with Crippen LogP contribution in [-0.2, 0) is 16.1 Å². The van der Waals surface area contributed by atoms with Gasteiger partial charge < -0.3 is 15.0 Å². The molecule has 1 atom stereocenters. The lowest BCUT2D eigenvalue weighted by Crippen LogP contribution is -2.49. The number of halogens is 3. The third kappa shape index (κ3) is 7.49. The van der Waals surface area contributed by atoms with E-state index in [0.29, 0.717) is 22.3 Å². The summed E-state index contributed by atoms with van der Waals surface area (Å²) in [7, 11) is 0. The molecule has 0 aliphatic rings. The maximum atomic E-state index is 13.0. The molecule has 2 rings (SSSR count). The van der Waals surface area contributed by atoms with Crippen molar-refractivity contribution in [2.45, 2.75) is 39.3 Å². The van der Waals surface area contributed by atoms with Crippen LogP contribution in [0.15, 0.2) is 46.9 Å². The molecule has 0 saturated carbocycles. The fourth-order valence-electron chi connectivity index (χ4n) is 2.72. The second-order valence-corrected chi connectivity index (χ2v) is 8.59. The number of carbonyl (C=O) groups excluding carboxylic acids is 2. The van der Waals surface area contributed by atoms with Gasteiger partial charge in [-0.1, -0.05) is 64.6 Å². The monoisotopic (exact) mass is 514 g/mol. The SMILES string of the molecule is CCCCNC(=O)[C@@H](C)N(Cc1ccc(Cl)cc1)C(=O)COc1ccc(Br)cc1Cl. The number of hydrogen-bond donors (Lipinski definition) is 1. The lowest BCUT2D eigenvalue weighted by molar-refractivity contribution is -0.142. The number of ether oxygens (including phenoxy) is 1. The van der Waals surface area contributed by atoms with E-state index in [-0.39, 0.29) is 25.0 Å². The van der Waals surface area contributed by atoms with Gasteiger partial charge in [0.2, 0.25) is 5.91 Å². The molecule has 0 radical (unpaired) electrons. The predicted octanol–water partition coefficient (Wildman–Crippen LogP) is 5.47. The molecule has 162 valence electrons. The molecule has 5 nitrogen and oxygen atoms in total. The quantitative estimate of drug-likeness (QED) is 0.427. The van der Waals surface area contributed by atoms with Gasteiger partial charge >= 0.3 is 0 Å². The number of rotatable bonds is 10. The van der Waals surface area contributed by atoms with Gasteiger partial charge in [0.05, 0.1) is 5.02 Å². The summed E-state index contributed by atoms with van der Waals surface area (Å²) >= 11 is 15.5. The van der Waals surface area contributed by atoms with Crippen LogP contribution in [0.4, 0.5) is 0 Å². The van der Waals surface area contributed by atoms with Crippen LogP contribution < -0.4 is 10.1 Å². The minimum absolute atomic E-state index is 0.201. The average molecular weight is 516 g/mol. The molecule has 0 saturated heterocycles. The van der Waals surface area contributed by atoms with E-state index in [9.17, 15) is 9.59 Å². The molecular weight excluding hydrogens is 491 g/mol. The summed E-state index contributed by atoms with van der Waals surface area (Å²) in [5.41, 5.74) is 0.864. The maximum Gasteiger partial charge on any atom is 0.261 e. The van der Waals surface area contributed by atoms with Gasteiger partial charge in [-0.3, -0.25) is 9.59 Å². The van der Waals surface area contributed by atoms with E-state index in [4.69, 9.17) is 27.9 Å². The number of unbranched alkanes of at least 4 members (excludes halogenated alkanes) is 1. The zero-order valence-corrected chi connectivity index (χ0v) is 20.1. The lowest BCUT2D eigenvalue weighted by atomic mass is 10.1. The van der Waals surface area contributed by atoms with Gasteiger partial charge in [-0.15, -0.1) is 0 Å². The number of benzene rings is 2. The van der Waals surface area contributed by atoms with Crippen LogP contribution in [0.25, 0.3) is 0 Å². The second-order valence-electron chi connectivity index (χ2n) is 6.83. The standard InChI is InChI=1S/C22H25BrCl2N2O3/c1-3-4-11-26-22(29)15(2)27(13-16-5-8-18(24)9-6-16)21(28)14-30-20-10-7-17(23)12-19(20)25/h5-10,12,15H,3-4,11,13-14H2,1-2H3,(H,26,29)/t15-/m1/s1. The summed E-state index contributed by atoms with van der Waals surface area (Å²) < 4.78 is 6.44. The highest BCUT2D eigenvalue weighted by molar-refractivity contribution is 9.10. The molecule has 0 fully saturated rings. The Morgan fingerprint density at radius 1 is 1.17 bits per heavy atom. The topological polar surface area (TPSA) is 58.6 Å². The number of nitrogens with zero attached hydrogens (tertiary/aromatic N) is 1. The molecule has 0 unspecified atom stereocenters. The van der Waals surface area contributed by atoms with E-state index in [1.807, 2.05) is 12.1 Å². The van der Waals surface area contributed by atoms with Crippen molar-refractivity contribution in [1.29, 1.82) is 0 Å². The predicted molar refractivity (Wildman–Crippen MR) is 124 cm³/mol. The molecule has 0 aromatic heterocycles. The highest BCUT2D eigenvalue weighted by atomic mass is 79.9. The van der Waals surface area contributed by atoms with Gasteiger partial charge in [0.1, 0.15) is 11.8 Å². The van der Waals surface area contributed by atoms with Crippen molar-refractivity contribution in [3.63, 3.8) is 0 Å². The summed E-state index contributed by atoms with van der Waals surface area (Å²) in [6.07, 6.45) is 1.86. The molecule has 0 heterocycles. The summed E-state index contributed by atoms with van der Waals surface area (Å²) in [6, 6.07) is 11.7. The van der Waals surface area contributed by atoms with Crippen LogP contribution in [0, 0.1) is 0 Å². The van der Waals surface area contributed by atoms with Crippen molar-refractivity contribution in [3.8, 4) is 5.75 Å². The first-order chi connectivity index (χ1) is 14.3. The molecule has 2 aromatic carbocycles. The summed E-state index contributed by atoms with van der Waals surface area (Å²) in [5, 5.41) is 3.88. The van der Waals surface area contributed by atoms with Crippen molar-refractivity contribution in [2.75, 3.05) is 13.2 Å². The van der Waals surface area contributed by atoms with E-state index in [1.165, 1.54) is 4.90 Å². The van der Waals surface area contributed by atoms with Gasteiger partial charge in [-0.05, 0) is 49.2 Å². The van der Waals surface area contributed by atoms with Gasteiger partial charge in [0.25, 0.3) is 5.91 Å². The van der Waals surface area contributed by atoms with Crippen molar-refractivity contribution < 1.29 is 14.3 Å². The average Bonchev–Trinajstić information content (AvgIpc) is 2.72. The van der Waals surface area contributed by atoms with Crippen LogP contribution >= 0.6 is 39.1 Å². The van der Waals surface area contributed by atoms with Crippen LogP contribution in [0.3, 0.4) is 0 Å². The summed E-state index contributed by atoms with van der Waals surface area (Å²) in [6.45, 7) is 4.36. The first-order valence-corrected chi connectivity index (χ1v) is 11.3. The second kappa shape index (κ2) is 12.2. The Balaban J connectivity index is 2.12. The van der Waals surface area contributed by atoms with E-state index in [2.05, 4.69) is 28.2 Å². The Morgan fingerprint density at radius 3 is 2.50 bits per heavy atom. The molecule has 0 bridgehead atoms. The third-order valence-electron chi connectivity index (χ3n) is 4.51. The molecular formula is C22H25BrCl2N2O3. The van der Waals surface area contributed by atoms with E-state index in [1.54, 1.807) is 37.3 Å². The zero-order valence-electron chi connectivity index (χ0n) is 17.0. The maximum absolute atomic E-state index is 13.0. The minimum Gasteiger partial charge on any atom is -0.482 e. The van der Waals surface area contributed by atoms with Gasteiger partial charge in [0.15, 0.2) is 6.61 Å². The fourth-order valence-corrected chi connectivity index (χ4v) is 3.57. The Bertz CT molecular complexity index is 862. The normalized spacial score (nSPS) is 11.6. The third-order valence-corrected chi connectivity index (χ3v) is 5.55. The van der Waals surface area contributed by atoms with Crippen LogP contribution in [0.1, 0.15) is 32.3 Å². The smallest absolute Gasteiger partial charge is 0.261 e. The Morgan fingerprint density at radius 2 is 1.87 bits per heavy atom. The Labute approximate surface area is 195 Å². The Kier molecular flexibility index (Phi) is 9.95. The molecule has 0 aliphatic heterocycles. The van der Waals surface area contributed by atoms with E-state index >= 15 is 0 Å². The summed E-state index contributed by atoms with van der Waals surface area (Å²) in [4.78, 5) is 27.1. The summed E-state index contributed by atoms with van der Waals surface area (Å²) in [5.74, 6) is -0.116. The fraction of sp³-hybridized carbons (Fsp3) is 0.364. The molecule has 0 spiro atoms. The van der Waals surface area contributed by atoms with Crippen molar-refractivity contribution >= 4 is 50.9 Å². The van der Waals surface area contributed by atoms with Crippen molar-refractivity contribution in [2.24, 2.45) is 0 Å². The highest BCUT2D eigenvalue weighted by Gasteiger charge is 2.26. The van der Waals surface area contributed by atoms with Crippen LogP contribution in [0.5, 0.6) is 5.75 Å².